The molecule has 0 bridgehead atoms. The van der Waals surface area contributed by atoms with E-state index in [1.807, 2.05) is 0 Å². The van der Waals surface area contributed by atoms with Crippen molar-refractivity contribution in [2.45, 2.75) is 348 Å². The molecule has 0 saturated heterocycles. The van der Waals surface area contributed by atoms with Crippen LogP contribution < -0.4 is 29.1 Å². The van der Waals surface area contributed by atoms with Crippen LogP contribution in [-0.4, -0.2) is 143 Å². The molecule has 0 spiro atoms. The fourth-order valence-electron chi connectivity index (χ4n) is 9.99. The van der Waals surface area contributed by atoms with Crippen LogP contribution in [0.2, 0.25) is 0 Å². The summed E-state index contributed by atoms with van der Waals surface area (Å²) >= 11 is 0. The Morgan fingerprint density at radius 3 is 0.566 bits per heavy atom. The Labute approximate surface area is 552 Å². The zero-order valence-electron chi connectivity index (χ0n) is 53.6. The zero-order chi connectivity index (χ0) is 61.3. The fourth-order valence-corrected chi connectivity index (χ4v) is 14.9. The zero-order valence-corrected chi connectivity index (χ0v) is 61.3. The number of carboxylic acids is 2. The molecule has 21 heteroatoms. The molecule has 0 aliphatic carbocycles. The second-order valence-corrected chi connectivity index (χ2v) is 31.1. The Bertz CT molecular complexity index is 1780. The van der Waals surface area contributed by atoms with Gasteiger partial charge in [-0.2, -0.15) is 0 Å². The van der Waals surface area contributed by atoms with Gasteiger partial charge in [0.1, 0.15) is 0 Å². The number of sulfonamides is 4. The minimum Gasteiger partial charge on any atom is -0.548 e. The van der Waals surface area contributed by atoms with Gasteiger partial charge < -0.3 is 19.8 Å². The molecule has 0 fully saturated rings. The van der Waals surface area contributed by atoms with Gasteiger partial charge in [-0.25, -0.2) is 52.6 Å². The number of aliphatic carboxylic acids is 2. The van der Waals surface area contributed by atoms with Gasteiger partial charge in [-0.05, 0) is 25.7 Å². The molecule has 492 valence electrons. The van der Waals surface area contributed by atoms with Gasteiger partial charge in [0.25, 0.3) is 0 Å². The molecule has 0 aliphatic heterocycles. The largest absolute Gasteiger partial charge is 2.00 e. The Balaban J connectivity index is -0.00000152. The molecule has 0 saturated carbocycles. The first kappa shape index (κ1) is 87.4. The molecular formula is C62H126BaN4O12S4. The van der Waals surface area contributed by atoms with Crippen LogP contribution in [0.25, 0.3) is 0 Å². The summed E-state index contributed by atoms with van der Waals surface area (Å²) in [6.07, 6.45) is 53.9. The predicted molar refractivity (Wildman–Crippen MR) is 345 cm³/mol. The molecule has 2 unspecified atom stereocenters. The monoisotopic (exact) mass is 1380 g/mol. The third-order valence-electron chi connectivity index (χ3n) is 15.3. The number of carboxylic acid groups (broad SMARTS) is 2. The van der Waals surface area contributed by atoms with E-state index in [-0.39, 0.29) is 71.9 Å². The maximum atomic E-state index is 12.4. The van der Waals surface area contributed by atoms with Crippen molar-refractivity contribution in [3.63, 3.8) is 0 Å². The van der Waals surface area contributed by atoms with Gasteiger partial charge in [0, 0.05) is 13.1 Å². The van der Waals surface area contributed by atoms with Crippen molar-refractivity contribution in [2.75, 3.05) is 36.1 Å². The number of carbonyl (C=O) groups excluding carboxylic acids is 2. The summed E-state index contributed by atoms with van der Waals surface area (Å²) in [6.45, 7) is 7.76. The molecule has 0 rings (SSSR count). The molecule has 0 aliphatic rings. The van der Waals surface area contributed by atoms with Gasteiger partial charge in [0.2, 0.25) is 40.1 Å². The number of carbonyl (C=O) groups is 2. The summed E-state index contributed by atoms with van der Waals surface area (Å²) in [7, 11) is -15.1. The fraction of sp³-hybridized carbons (Fsp3) is 0.968. The molecular weight excluding hydrogens is 1260 g/mol. The normalized spacial score (nSPS) is 12.9. The third kappa shape index (κ3) is 64.9. The van der Waals surface area contributed by atoms with Gasteiger partial charge in [0.05, 0.1) is 47.0 Å². The minimum absolute atomic E-state index is 0. The Morgan fingerprint density at radius 2 is 0.410 bits per heavy atom. The van der Waals surface area contributed by atoms with E-state index in [1.165, 1.54) is 193 Å². The van der Waals surface area contributed by atoms with Crippen LogP contribution in [0.3, 0.4) is 0 Å². The molecule has 0 aromatic rings. The SMILES string of the molecule is CCCCCCCCCCCCCCS(=O)(=O)NCC(NS(=O)(=O)CCCCCCCCCCCCCC)C(=O)[O-].CCCCCCCCCCCCCCS(=O)(=O)NCC(NS(=O)(=O)CCCCCCCCCCCCCC)C(=O)[O-].[Ba+2]. The van der Waals surface area contributed by atoms with Crippen LogP contribution in [-0.2, 0) is 49.7 Å². The van der Waals surface area contributed by atoms with E-state index >= 15 is 0 Å². The topological polar surface area (TPSA) is 265 Å². The molecule has 4 N–H and O–H groups in total. The Kier molecular flexibility index (Phi) is 64.2. The molecule has 0 radical (unpaired) electrons. The Morgan fingerprint density at radius 1 is 0.265 bits per heavy atom. The van der Waals surface area contributed by atoms with Gasteiger partial charge in [-0.1, -0.05) is 310 Å². The number of unbranched alkanes of at least 4 members (excludes halogenated alkanes) is 44. The number of hydrogen-bond acceptors (Lipinski definition) is 12. The van der Waals surface area contributed by atoms with Crippen molar-refractivity contribution in [3.8, 4) is 0 Å². The van der Waals surface area contributed by atoms with Crippen molar-refractivity contribution < 1.29 is 53.5 Å². The van der Waals surface area contributed by atoms with Gasteiger partial charge in [-0.15, -0.1) is 0 Å². The average Bonchev–Trinajstić information content (AvgIpc) is 3.42. The second-order valence-electron chi connectivity index (χ2n) is 23.5. The summed E-state index contributed by atoms with van der Waals surface area (Å²) < 4.78 is 107. The molecule has 0 amide bonds. The summed E-state index contributed by atoms with van der Waals surface area (Å²) in [5.41, 5.74) is 0. The molecule has 2 atom stereocenters. The number of rotatable bonds is 64. The summed E-state index contributed by atoms with van der Waals surface area (Å²) in [5.74, 6) is -3.85. The summed E-state index contributed by atoms with van der Waals surface area (Å²) in [4.78, 5) is 22.9. The summed E-state index contributed by atoms with van der Waals surface area (Å²) in [5, 5.41) is 22.9. The van der Waals surface area contributed by atoms with Crippen molar-refractivity contribution in [1.29, 1.82) is 0 Å². The van der Waals surface area contributed by atoms with Gasteiger partial charge in [0.15, 0.2) is 0 Å². The van der Waals surface area contributed by atoms with Gasteiger partial charge >= 0.3 is 48.9 Å². The summed E-state index contributed by atoms with van der Waals surface area (Å²) in [6, 6.07) is -3.26. The van der Waals surface area contributed by atoms with E-state index in [0.29, 0.717) is 25.7 Å². The van der Waals surface area contributed by atoms with E-state index in [2.05, 4.69) is 46.6 Å². The standard InChI is InChI=1S/2C31H64N2O6S2.Ba/c2*1-3-5-7-9-11-13-15-17-19-21-23-25-27-40(36,37)32-29-30(31(34)35)33-41(38,39)28-26-24-22-20-18-16-14-12-10-8-6-4-2;/h2*30,32-33H,3-29H2,1-2H3,(H,34,35);/q;;+2/p-2. The number of hydrogen-bond donors (Lipinski definition) is 4. The smallest absolute Gasteiger partial charge is 0.548 e. The third-order valence-corrected chi connectivity index (χ3v) is 21.1. The van der Waals surface area contributed by atoms with Crippen molar-refractivity contribution in [2.24, 2.45) is 0 Å². The van der Waals surface area contributed by atoms with Crippen LogP contribution in [0.5, 0.6) is 0 Å². The van der Waals surface area contributed by atoms with Gasteiger partial charge in [-0.3, -0.25) is 0 Å². The minimum atomic E-state index is -3.85. The maximum Gasteiger partial charge on any atom is 2.00 e. The Hall–Kier alpha value is 0.151. The van der Waals surface area contributed by atoms with E-state index < -0.39 is 77.2 Å². The molecule has 0 heterocycles. The first-order chi connectivity index (χ1) is 39.3. The van der Waals surface area contributed by atoms with Crippen LogP contribution >= 0.6 is 0 Å². The van der Waals surface area contributed by atoms with E-state index in [9.17, 15) is 53.5 Å². The van der Waals surface area contributed by atoms with Crippen molar-refractivity contribution in [3.05, 3.63) is 0 Å². The predicted octanol–water partition coefficient (Wildman–Crippen LogP) is 12.3. The van der Waals surface area contributed by atoms with Crippen LogP contribution in [0.4, 0.5) is 0 Å². The first-order valence-electron chi connectivity index (χ1n) is 33.6. The van der Waals surface area contributed by atoms with Crippen molar-refractivity contribution in [1.82, 2.24) is 18.9 Å². The van der Waals surface area contributed by atoms with Crippen LogP contribution in [0.1, 0.15) is 336 Å². The number of nitrogens with one attached hydrogen (secondary N) is 4. The van der Waals surface area contributed by atoms with E-state index in [1.54, 1.807) is 0 Å². The molecule has 83 heavy (non-hydrogen) atoms. The molecule has 16 nitrogen and oxygen atoms in total. The molecule has 0 aromatic carbocycles. The van der Waals surface area contributed by atoms with E-state index in [0.717, 1.165) is 89.9 Å². The molecule has 0 aromatic heterocycles. The van der Waals surface area contributed by atoms with Crippen molar-refractivity contribution >= 4 is 101 Å². The van der Waals surface area contributed by atoms with Crippen LogP contribution in [0.15, 0.2) is 0 Å². The maximum absolute atomic E-state index is 12.4. The first-order valence-corrected chi connectivity index (χ1v) is 40.2. The quantitative estimate of drug-likeness (QED) is 0.0327. The van der Waals surface area contributed by atoms with E-state index in [4.69, 9.17) is 0 Å². The van der Waals surface area contributed by atoms with Crippen LogP contribution in [0, 0.1) is 0 Å². The second kappa shape index (κ2) is 61.0. The average molecular weight is 1390 g/mol.